The molecule has 0 heterocycles. The van der Waals surface area contributed by atoms with Gasteiger partial charge in [0.1, 0.15) is 5.75 Å². The summed E-state index contributed by atoms with van der Waals surface area (Å²) in [5.41, 5.74) is 5.97. The largest absolute Gasteiger partial charge is 0.496 e. The molecule has 2 rings (SSSR count). The van der Waals surface area contributed by atoms with Gasteiger partial charge in [-0.2, -0.15) is 0 Å². The molecule has 0 saturated carbocycles. The molecular formula is C23H31NO2S. The van der Waals surface area contributed by atoms with E-state index >= 15 is 0 Å². The fourth-order valence-corrected chi connectivity index (χ4v) is 4.02. The zero-order valence-electron chi connectivity index (χ0n) is 17.3. The third kappa shape index (κ3) is 6.03. The molecule has 4 heteroatoms. The average molecular weight is 386 g/mol. The summed E-state index contributed by atoms with van der Waals surface area (Å²) in [4.78, 5) is 12.4. The molecule has 0 spiro atoms. The lowest BCUT2D eigenvalue weighted by atomic mass is 9.93. The fourth-order valence-electron chi connectivity index (χ4n) is 3.23. The van der Waals surface area contributed by atoms with Crippen LogP contribution in [0.15, 0.2) is 36.4 Å². The van der Waals surface area contributed by atoms with E-state index in [1.807, 2.05) is 6.92 Å². The first-order valence-corrected chi connectivity index (χ1v) is 10.6. The fraction of sp³-hybridized carbons (Fsp3) is 0.435. The second-order valence-corrected chi connectivity index (χ2v) is 8.36. The van der Waals surface area contributed by atoms with E-state index in [0.717, 1.165) is 22.6 Å². The number of thioether (sulfide) groups is 1. The SMILES string of the molecule is COc1cc(C)c([C@H](C)NC(=O)CSCc2cccc(C)c2)cc1C(C)C. The van der Waals surface area contributed by atoms with Crippen molar-refractivity contribution >= 4 is 17.7 Å². The van der Waals surface area contributed by atoms with Gasteiger partial charge in [-0.3, -0.25) is 4.79 Å². The summed E-state index contributed by atoms with van der Waals surface area (Å²) in [6.07, 6.45) is 0. The Hall–Kier alpha value is -1.94. The second kappa shape index (κ2) is 9.84. The molecule has 0 fully saturated rings. The number of hydrogen-bond donors (Lipinski definition) is 1. The van der Waals surface area contributed by atoms with Crippen molar-refractivity contribution in [1.29, 1.82) is 0 Å². The summed E-state index contributed by atoms with van der Waals surface area (Å²) in [6.45, 7) is 10.5. The topological polar surface area (TPSA) is 38.3 Å². The lowest BCUT2D eigenvalue weighted by molar-refractivity contribution is -0.119. The van der Waals surface area contributed by atoms with E-state index in [1.54, 1.807) is 18.9 Å². The van der Waals surface area contributed by atoms with Crippen LogP contribution in [0, 0.1) is 13.8 Å². The van der Waals surface area contributed by atoms with Gasteiger partial charge in [0.15, 0.2) is 0 Å². The monoisotopic (exact) mass is 385 g/mol. The maximum atomic E-state index is 12.4. The zero-order chi connectivity index (χ0) is 20.0. The van der Waals surface area contributed by atoms with Crippen molar-refractivity contribution in [3.05, 3.63) is 64.2 Å². The molecule has 1 atom stereocenters. The van der Waals surface area contributed by atoms with Gasteiger partial charge >= 0.3 is 0 Å². The van der Waals surface area contributed by atoms with Gasteiger partial charge in [-0.25, -0.2) is 0 Å². The van der Waals surface area contributed by atoms with Crippen LogP contribution in [-0.2, 0) is 10.5 Å². The number of aryl methyl sites for hydroxylation is 2. The van der Waals surface area contributed by atoms with Crippen LogP contribution in [0.4, 0.5) is 0 Å². The zero-order valence-corrected chi connectivity index (χ0v) is 18.1. The number of carbonyl (C=O) groups is 1. The number of amides is 1. The van der Waals surface area contributed by atoms with E-state index < -0.39 is 0 Å². The van der Waals surface area contributed by atoms with Gasteiger partial charge < -0.3 is 10.1 Å². The van der Waals surface area contributed by atoms with Crippen LogP contribution in [0.2, 0.25) is 0 Å². The molecule has 0 saturated heterocycles. The number of rotatable bonds is 8. The highest BCUT2D eigenvalue weighted by molar-refractivity contribution is 7.99. The molecule has 0 aliphatic rings. The molecule has 0 aliphatic heterocycles. The lowest BCUT2D eigenvalue weighted by Crippen LogP contribution is -2.28. The van der Waals surface area contributed by atoms with Crippen molar-refractivity contribution in [3.8, 4) is 5.75 Å². The van der Waals surface area contributed by atoms with E-state index in [2.05, 4.69) is 69.4 Å². The van der Waals surface area contributed by atoms with Crippen molar-refractivity contribution < 1.29 is 9.53 Å². The van der Waals surface area contributed by atoms with E-state index in [4.69, 9.17) is 4.74 Å². The van der Waals surface area contributed by atoms with Crippen LogP contribution in [0.25, 0.3) is 0 Å². The molecule has 1 N–H and O–H groups in total. The minimum Gasteiger partial charge on any atom is -0.496 e. The normalized spacial score (nSPS) is 12.1. The van der Waals surface area contributed by atoms with E-state index in [0.29, 0.717) is 11.7 Å². The standard InChI is InChI=1S/C23H31NO2S/c1-15(2)20-12-21(17(4)11-22(20)26-6)18(5)24-23(25)14-27-13-19-9-7-8-16(3)10-19/h7-12,15,18H,13-14H2,1-6H3,(H,24,25)/t18-/m0/s1. The maximum absolute atomic E-state index is 12.4. The minimum absolute atomic E-state index is 0.0273. The van der Waals surface area contributed by atoms with Crippen LogP contribution in [-0.4, -0.2) is 18.8 Å². The number of ether oxygens (including phenoxy) is 1. The molecule has 0 aromatic heterocycles. The van der Waals surface area contributed by atoms with Crippen LogP contribution in [0.1, 0.15) is 60.5 Å². The average Bonchev–Trinajstić information content (AvgIpc) is 2.61. The van der Waals surface area contributed by atoms with Crippen molar-refractivity contribution in [2.75, 3.05) is 12.9 Å². The Morgan fingerprint density at radius 1 is 1.11 bits per heavy atom. The minimum atomic E-state index is -0.0273. The lowest BCUT2D eigenvalue weighted by Gasteiger charge is -2.21. The van der Waals surface area contributed by atoms with Crippen molar-refractivity contribution in [3.63, 3.8) is 0 Å². The molecule has 27 heavy (non-hydrogen) atoms. The van der Waals surface area contributed by atoms with Gasteiger partial charge in [-0.1, -0.05) is 43.7 Å². The van der Waals surface area contributed by atoms with Crippen LogP contribution in [0.3, 0.4) is 0 Å². The Labute approximate surface area is 167 Å². The molecule has 146 valence electrons. The highest BCUT2D eigenvalue weighted by Crippen LogP contribution is 2.32. The number of hydrogen-bond acceptors (Lipinski definition) is 3. The third-order valence-corrected chi connectivity index (χ3v) is 5.67. The van der Waals surface area contributed by atoms with Crippen molar-refractivity contribution in [1.82, 2.24) is 5.32 Å². The molecule has 0 radical (unpaired) electrons. The predicted molar refractivity (Wildman–Crippen MR) is 116 cm³/mol. The Balaban J connectivity index is 1.96. The molecular weight excluding hydrogens is 354 g/mol. The molecule has 1 amide bonds. The van der Waals surface area contributed by atoms with Gasteiger partial charge in [-0.15, -0.1) is 11.8 Å². The molecule has 2 aromatic rings. The Bertz CT molecular complexity index is 786. The van der Waals surface area contributed by atoms with Gasteiger partial charge in [0.2, 0.25) is 5.91 Å². The number of benzene rings is 2. The molecule has 0 unspecified atom stereocenters. The first kappa shape index (κ1) is 21.4. The first-order valence-electron chi connectivity index (χ1n) is 9.43. The highest BCUT2D eigenvalue weighted by atomic mass is 32.2. The second-order valence-electron chi connectivity index (χ2n) is 7.38. The Kier molecular flexibility index (Phi) is 7.78. The third-order valence-electron chi connectivity index (χ3n) is 4.67. The van der Waals surface area contributed by atoms with E-state index in [-0.39, 0.29) is 11.9 Å². The summed E-state index contributed by atoms with van der Waals surface area (Å²) in [5.74, 6) is 2.67. The molecule has 3 nitrogen and oxygen atoms in total. The summed E-state index contributed by atoms with van der Waals surface area (Å²) in [6, 6.07) is 12.6. The van der Waals surface area contributed by atoms with Gasteiger partial charge in [-0.05, 0) is 61.1 Å². The maximum Gasteiger partial charge on any atom is 0.230 e. The Morgan fingerprint density at radius 2 is 1.85 bits per heavy atom. The summed E-state index contributed by atoms with van der Waals surface area (Å²) >= 11 is 1.65. The van der Waals surface area contributed by atoms with Crippen LogP contribution in [0.5, 0.6) is 5.75 Å². The van der Waals surface area contributed by atoms with Crippen molar-refractivity contribution in [2.45, 2.75) is 52.3 Å². The van der Waals surface area contributed by atoms with Gasteiger partial charge in [0, 0.05) is 5.75 Å². The molecule has 0 bridgehead atoms. The highest BCUT2D eigenvalue weighted by Gasteiger charge is 2.16. The first-order chi connectivity index (χ1) is 12.8. The van der Waals surface area contributed by atoms with E-state index in [9.17, 15) is 4.79 Å². The smallest absolute Gasteiger partial charge is 0.230 e. The summed E-state index contributed by atoms with van der Waals surface area (Å²) in [7, 11) is 1.71. The predicted octanol–water partition coefficient (Wildman–Crippen LogP) is 5.55. The number of methoxy groups -OCH3 is 1. The van der Waals surface area contributed by atoms with Gasteiger partial charge in [0.25, 0.3) is 0 Å². The quantitative estimate of drug-likeness (QED) is 0.648. The summed E-state index contributed by atoms with van der Waals surface area (Å²) in [5, 5.41) is 3.14. The van der Waals surface area contributed by atoms with Crippen LogP contribution < -0.4 is 10.1 Å². The Morgan fingerprint density at radius 3 is 2.48 bits per heavy atom. The van der Waals surface area contributed by atoms with Crippen molar-refractivity contribution in [2.24, 2.45) is 0 Å². The summed E-state index contributed by atoms with van der Waals surface area (Å²) < 4.78 is 5.52. The number of carbonyl (C=O) groups excluding carboxylic acids is 1. The van der Waals surface area contributed by atoms with E-state index in [1.165, 1.54) is 16.7 Å². The molecule has 2 aromatic carbocycles. The van der Waals surface area contributed by atoms with Crippen LogP contribution >= 0.6 is 11.8 Å². The molecule has 0 aliphatic carbocycles. The number of nitrogens with one attached hydrogen (secondary N) is 1. The van der Waals surface area contributed by atoms with Gasteiger partial charge in [0.05, 0.1) is 18.9 Å².